The number of nitrogens with zero attached hydrogens (tertiary/aromatic N) is 2. The molecule has 6 heteroatoms. The van der Waals surface area contributed by atoms with Gasteiger partial charge in [-0.3, -0.25) is 14.9 Å². The number of esters is 1. The number of carbonyl (C=O) groups is 1. The van der Waals surface area contributed by atoms with E-state index in [9.17, 15) is 14.9 Å². The van der Waals surface area contributed by atoms with E-state index in [2.05, 4.69) is 4.74 Å². The molecule has 0 aliphatic carbocycles. The van der Waals surface area contributed by atoms with E-state index in [-0.39, 0.29) is 18.1 Å². The van der Waals surface area contributed by atoms with Gasteiger partial charge in [0.2, 0.25) is 0 Å². The van der Waals surface area contributed by atoms with Crippen LogP contribution in [0.15, 0.2) is 18.2 Å². The maximum absolute atomic E-state index is 11.0. The maximum atomic E-state index is 11.0. The molecule has 0 spiro atoms. The first-order chi connectivity index (χ1) is 8.45. The van der Waals surface area contributed by atoms with Crippen LogP contribution in [0, 0.1) is 17.0 Å². The minimum Gasteiger partial charge on any atom is -0.469 e. The quantitative estimate of drug-likeness (QED) is 0.454. The smallest absolute Gasteiger partial charge is 0.307 e. The van der Waals surface area contributed by atoms with E-state index in [1.807, 2.05) is 11.9 Å². The lowest BCUT2D eigenvalue weighted by molar-refractivity contribution is -0.385. The van der Waals surface area contributed by atoms with Crippen LogP contribution in [0.5, 0.6) is 0 Å². The van der Waals surface area contributed by atoms with Crippen molar-refractivity contribution in [1.29, 1.82) is 0 Å². The Morgan fingerprint density at radius 2 is 2.17 bits per heavy atom. The van der Waals surface area contributed by atoms with Crippen molar-refractivity contribution in [3.05, 3.63) is 33.9 Å². The van der Waals surface area contributed by atoms with Crippen molar-refractivity contribution >= 4 is 17.3 Å². The number of hydrogen-bond acceptors (Lipinski definition) is 5. The first-order valence-corrected chi connectivity index (χ1v) is 5.48. The van der Waals surface area contributed by atoms with Gasteiger partial charge in [0, 0.05) is 30.9 Å². The second-order valence-corrected chi connectivity index (χ2v) is 3.98. The number of carbonyl (C=O) groups excluding carboxylic acids is 1. The number of nitro benzene ring substituents is 1. The summed E-state index contributed by atoms with van der Waals surface area (Å²) in [6.07, 6.45) is 0.281. The number of anilines is 1. The molecule has 0 N–H and O–H groups in total. The van der Waals surface area contributed by atoms with Crippen LogP contribution in [-0.2, 0) is 9.53 Å². The highest BCUT2D eigenvalue weighted by atomic mass is 16.6. The Labute approximate surface area is 105 Å². The summed E-state index contributed by atoms with van der Waals surface area (Å²) in [6.45, 7) is 2.19. The van der Waals surface area contributed by atoms with Gasteiger partial charge in [0.1, 0.15) is 0 Å². The second kappa shape index (κ2) is 6.00. The van der Waals surface area contributed by atoms with Gasteiger partial charge in [-0.2, -0.15) is 0 Å². The number of aryl methyl sites for hydroxylation is 1. The van der Waals surface area contributed by atoms with Gasteiger partial charge in [0.05, 0.1) is 18.5 Å². The van der Waals surface area contributed by atoms with Crippen LogP contribution in [0.4, 0.5) is 11.4 Å². The maximum Gasteiger partial charge on any atom is 0.307 e. The van der Waals surface area contributed by atoms with Gasteiger partial charge < -0.3 is 9.64 Å². The number of methoxy groups -OCH3 is 1. The average Bonchev–Trinajstić information content (AvgIpc) is 2.34. The molecule has 0 saturated heterocycles. The molecule has 6 nitrogen and oxygen atoms in total. The van der Waals surface area contributed by atoms with Crippen molar-refractivity contribution in [1.82, 2.24) is 0 Å². The SMILES string of the molecule is COC(=O)CCN(C)c1ccc([N+](=O)[O-])c(C)c1. The number of rotatable bonds is 5. The van der Waals surface area contributed by atoms with E-state index in [4.69, 9.17) is 0 Å². The standard InChI is InChI=1S/C12H16N2O4/c1-9-8-10(4-5-11(9)14(16)17)13(2)7-6-12(15)18-3/h4-5,8H,6-7H2,1-3H3. The lowest BCUT2D eigenvalue weighted by Crippen LogP contribution is -2.21. The van der Waals surface area contributed by atoms with E-state index >= 15 is 0 Å². The summed E-state index contributed by atoms with van der Waals surface area (Å²) in [7, 11) is 3.17. The molecule has 98 valence electrons. The molecule has 0 amide bonds. The van der Waals surface area contributed by atoms with Gasteiger partial charge in [-0.25, -0.2) is 0 Å². The Hall–Kier alpha value is -2.11. The van der Waals surface area contributed by atoms with E-state index in [0.29, 0.717) is 12.1 Å². The third-order valence-electron chi connectivity index (χ3n) is 2.70. The van der Waals surface area contributed by atoms with Crippen LogP contribution in [0.1, 0.15) is 12.0 Å². The highest BCUT2D eigenvalue weighted by Gasteiger charge is 2.12. The largest absolute Gasteiger partial charge is 0.469 e. The van der Waals surface area contributed by atoms with Gasteiger partial charge in [0.25, 0.3) is 5.69 Å². The summed E-state index contributed by atoms with van der Waals surface area (Å²) < 4.78 is 4.56. The summed E-state index contributed by atoms with van der Waals surface area (Å²) in [4.78, 5) is 23.2. The Bertz CT molecular complexity index is 459. The number of nitro groups is 1. The van der Waals surface area contributed by atoms with Crippen molar-refractivity contribution in [2.24, 2.45) is 0 Å². The summed E-state index contributed by atoms with van der Waals surface area (Å²) in [5, 5.41) is 10.7. The van der Waals surface area contributed by atoms with Crippen LogP contribution in [0.2, 0.25) is 0 Å². The molecule has 0 radical (unpaired) electrons. The molecule has 1 aromatic rings. The Morgan fingerprint density at radius 3 is 2.67 bits per heavy atom. The Morgan fingerprint density at radius 1 is 1.50 bits per heavy atom. The highest BCUT2D eigenvalue weighted by molar-refractivity contribution is 5.70. The zero-order valence-electron chi connectivity index (χ0n) is 10.7. The minimum absolute atomic E-state index is 0.0973. The van der Waals surface area contributed by atoms with Gasteiger partial charge in [-0.15, -0.1) is 0 Å². The van der Waals surface area contributed by atoms with Crippen LogP contribution in [-0.4, -0.2) is 31.6 Å². The number of benzene rings is 1. The second-order valence-electron chi connectivity index (χ2n) is 3.98. The van der Waals surface area contributed by atoms with Crippen LogP contribution in [0.25, 0.3) is 0 Å². The molecule has 0 atom stereocenters. The zero-order chi connectivity index (χ0) is 13.7. The molecule has 18 heavy (non-hydrogen) atoms. The fourth-order valence-electron chi connectivity index (χ4n) is 1.57. The summed E-state index contributed by atoms with van der Waals surface area (Å²) in [5.74, 6) is -0.277. The topological polar surface area (TPSA) is 72.7 Å². The molecule has 0 heterocycles. The van der Waals surface area contributed by atoms with Gasteiger partial charge >= 0.3 is 5.97 Å². The average molecular weight is 252 g/mol. The van der Waals surface area contributed by atoms with Gasteiger partial charge in [0.15, 0.2) is 0 Å². The third kappa shape index (κ3) is 3.44. The molecule has 0 unspecified atom stereocenters. The molecule has 0 fully saturated rings. The molecule has 0 aliphatic heterocycles. The van der Waals surface area contributed by atoms with Crippen molar-refractivity contribution in [2.75, 3.05) is 25.6 Å². The van der Waals surface area contributed by atoms with Crippen LogP contribution in [0.3, 0.4) is 0 Å². The predicted molar refractivity (Wildman–Crippen MR) is 67.7 cm³/mol. The first-order valence-electron chi connectivity index (χ1n) is 5.48. The number of hydrogen-bond donors (Lipinski definition) is 0. The number of ether oxygens (including phenoxy) is 1. The van der Waals surface area contributed by atoms with Crippen molar-refractivity contribution < 1.29 is 14.5 Å². The zero-order valence-corrected chi connectivity index (χ0v) is 10.7. The van der Waals surface area contributed by atoms with Crippen LogP contribution >= 0.6 is 0 Å². The fraction of sp³-hybridized carbons (Fsp3) is 0.417. The van der Waals surface area contributed by atoms with Crippen molar-refractivity contribution in [3.63, 3.8) is 0 Å². The molecular weight excluding hydrogens is 236 g/mol. The fourth-order valence-corrected chi connectivity index (χ4v) is 1.57. The monoisotopic (exact) mass is 252 g/mol. The third-order valence-corrected chi connectivity index (χ3v) is 2.70. The first kappa shape index (κ1) is 14.0. The normalized spacial score (nSPS) is 9.94. The molecular formula is C12H16N2O4. The molecule has 0 saturated carbocycles. The lowest BCUT2D eigenvalue weighted by Gasteiger charge is -2.18. The molecule has 0 aliphatic rings. The molecule has 1 rings (SSSR count). The van der Waals surface area contributed by atoms with E-state index in [0.717, 1.165) is 5.69 Å². The van der Waals surface area contributed by atoms with Crippen molar-refractivity contribution in [2.45, 2.75) is 13.3 Å². The summed E-state index contributed by atoms with van der Waals surface area (Å²) in [6, 6.07) is 4.87. The lowest BCUT2D eigenvalue weighted by atomic mass is 10.1. The summed E-state index contributed by atoms with van der Waals surface area (Å²) >= 11 is 0. The minimum atomic E-state index is -0.409. The Balaban J connectivity index is 2.75. The Kier molecular flexibility index (Phi) is 4.65. The molecule has 0 bridgehead atoms. The summed E-state index contributed by atoms with van der Waals surface area (Å²) in [5.41, 5.74) is 1.53. The highest BCUT2D eigenvalue weighted by Crippen LogP contribution is 2.23. The van der Waals surface area contributed by atoms with Crippen LogP contribution < -0.4 is 4.90 Å². The van der Waals surface area contributed by atoms with E-state index < -0.39 is 4.92 Å². The molecule has 0 aromatic heterocycles. The molecule has 1 aromatic carbocycles. The van der Waals surface area contributed by atoms with E-state index in [1.165, 1.54) is 13.2 Å². The van der Waals surface area contributed by atoms with Gasteiger partial charge in [-0.05, 0) is 19.1 Å². The van der Waals surface area contributed by atoms with Crippen molar-refractivity contribution in [3.8, 4) is 0 Å². The predicted octanol–water partition coefficient (Wildman–Crippen LogP) is 1.90. The van der Waals surface area contributed by atoms with Gasteiger partial charge in [-0.1, -0.05) is 0 Å². The van der Waals surface area contributed by atoms with E-state index in [1.54, 1.807) is 19.1 Å².